The molecule has 11 nitrogen and oxygen atoms in total. The summed E-state index contributed by atoms with van der Waals surface area (Å²) >= 11 is 0. The average molecular weight is 506 g/mol. The van der Waals surface area contributed by atoms with Gasteiger partial charge in [-0.25, -0.2) is 0 Å². The molecular formula is C26H31N7O4. The van der Waals surface area contributed by atoms with Gasteiger partial charge in [-0.1, -0.05) is 6.07 Å². The van der Waals surface area contributed by atoms with Gasteiger partial charge in [0.2, 0.25) is 11.8 Å². The smallest absolute Gasteiger partial charge is 0.228 e. The van der Waals surface area contributed by atoms with Crippen LogP contribution in [0.5, 0.6) is 11.5 Å². The van der Waals surface area contributed by atoms with Gasteiger partial charge in [-0.2, -0.15) is 4.68 Å². The molecule has 2 aliphatic rings. The lowest BCUT2D eigenvalue weighted by Crippen LogP contribution is -2.50. The van der Waals surface area contributed by atoms with Gasteiger partial charge in [0.1, 0.15) is 11.5 Å². The molecule has 2 aliphatic heterocycles. The second-order valence-corrected chi connectivity index (χ2v) is 9.14. The first-order chi connectivity index (χ1) is 18.1. The van der Waals surface area contributed by atoms with Crippen LogP contribution in [0.3, 0.4) is 0 Å². The molecule has 1 aromatic heterocycles. The molecule has 2 aromatic carbocycles. The highest BCUT2D eigenvalue weighted by atomic mass is 16.5. The lowest BCUT2D eigenvalue weighted by atomic mass is 10.1. The summed E-state index contributed by atoms with van der Waals surface area (Å²) in [5.41, 5.74) is 1.62. The monoisotopic (exact) mass is 505 g/mol. The van der Waals surface area contributed by atoms with Crippen molar-refractivity contribution >= 4 is 17.5 Å². The summed E-state index contributed by atoms with van der Waals surface area (Å²) in [5, 5.41) is 12.2. The molecule has 2 saturated heterocycles. The fraction of sp³-hybridized carbons (Fsp3) is 0.423. The molecule has 2 amide bonds. The summed E-state index contributed by atoms with van der Waals surface area (Å²) in [4.78, 5) is 31.7. The number of amides is 2. The van der Waals surface area contributed by atoms with Crippen LogP contribution in [0.2, 0.25) is 0 Å². The predicted molar refractivity (Wildman–Crippen MR) is 136 cm³/mol. The quantitative estimate of drug-likeness (QED) is 0.456. The molecule has 1 unspecified atom stereocenters. The Hall–Kier alpha value is -3.99. The molecule has 0 spiro atoms. The van der Waals surface area contributed by atoms with Gasteiger partial charge in [0, 0.05) is 50.9 Å². The minimum absolute atomic E-state index is 0.0358. The van der Waals surface area contributed by atoms with Crippen molar-refractivity contribution < 1.29 is 19.1 Å². The van der Waals surface area contributed by atoms with Gasteiger partial charge in [0.05, 0.1) is 31.9 Å². The largest absolute Gasteiger partial charge is 0.497 e. The number of benzene rings is 2. The molecule has 194 valence electrons. The van der Waals surface area contributed by atoms with Gasteiger partial charge in [0.25, 0.3) is 0 Å². The van der Waals surface area contributed by atoms with E-state index in [1.54, 1.807) is 16.7 Å². The van der Waals surface area contributed by atoms with Crippen LogP contribution in [0.25, 0.3) is 5.69 Å². The Labute approximate surface area is 215 Å². The summed E-state index contributed by atoms with van der Waals surface area (Å²) in [6, 6.07) is 15.0. The van der Waals surface area contributed by atoms with E-state index in [4.69, 9.17) is 9.47 Å². The topological polar surface area (TPSA) is 106 Å². The number of rotatable bonds is 8. The fourth-order valence-electron chi connectivity index (χ4n) is 4.84. The highest BCUT2D eigenvalue weighted by Gasteiger charge is 2.38. The Morgan fingerprint density at radius 1 is 1.03 bits per heavy atom. The first kappa shape index (κ1) is 24.7. The molecule has 0 N–H and O–H groups in total. The third kappa shape index (κ3) is 5.41. The van der Waals surface area contributed by atoms with Crippen molar-refractivity contribution in [2.45, 2.75) is 19.9 Å². The van der Waals surface area contributed by atoms with Gasteiger partial charge in [-0.05, 0) is 53.7 Å². The van der Waals surface area contributed by atoms with Crippen LogP contribution in [0.15, 0.2) is 48.5 Å². The molecule has 0 aliphatic carbocycles. The SMILES string of the molecule is CCOc1ccc(-n2nnnc2CN2CCN(C(=O)C3CC(=O)N(c4cccc(OC)c4)C3)CC2)cc1. The standard InChI is InChI=1S/C26H31N7O4/c1-3-37-22-9-7-20(8-10-22)33-24(27-28-29-33)18-30-11-13-31(14-12-30)26(35)19-15-25(34)32(17-19)21-5-4-6-23(16-21)36-2/h4-10,16,19H,3,11-15,17-18H2,1-2H3. The summed E-state index contributed by atoms with van der Waals surface area (Å²) < 4.78 is 12.5. The van der Waals surface area contributed by atoms with Crippen LogP contribution in [-0.4, -0.2) is 88.3 Å². The third-order valence-electron chi connectivity index (χ3n) is 6.81. The number of methoxy groups -OCH3 is 1. The molecule has 0 saturated carbocycles. The predicted octanol–water partition coefficient (Wildman–Crippen LogP) is 1.77. The van der Waals surface area contributed by atoms with E-state index in [0.717, 1.165) is 22.9 Å². The van der Waals surface area contributed by atoms with E-state index in [1.807, 2.05) is 60.4 Å². The van der Waals surface area contributed by atoms with Gasteiger partial charge in [-0.15, -0.1) is 5.10 Å². The van der Waals surface area contributed by atoms with E-state index < -0.39 is 0 Å². The Bertz CT molecular complexity index is 1240. The van der Waals surface area contributed by atoms with Crippen LogP contribution in [0, 0.1) is 5.92 Å². The number of ether oxygens (including phenoxy) is 2. The van der Waals surface area contributed by atoms with E-state index in [0.29, 0.717) is 51.6 Å². The molecule has 11 heteroatoms. The molecule has 0 radical (unpaired) electrons. The van der Waals surface area contributed by atoms with E-state index in [1.165, 1.54) is 0 Å². The first-order valence-corrected chi connectivity index (χ1v) is 12.5. The minimum Gasteiger partial charge on any atom is -0.497 e. The summed E-state index contributed by atoms with van der Waals surface area (Å²) in [6.45, 7) is 6.16. The van der Waals surface area contributed by atoms with Crippen LogP contribution < -0.4 is 14.4 Å². The number of nitrogens with zero attached hydrogens (tertiary/aromatic N) is 7. The van der Waals surface area contributed by atoms with E-state index >= 15 is 0 Å². The lowest BCUT2D eigenvalue weighted by molar-refractivity contribution is -0.137. The maximum Gasteiger partial charge on any atom is 0.228 e. The van der Waals surface area contributed by atoms with Crippen LogP contribution in [0.4, 0.5) is 5.69 Å². The zero-order valence-corrected chi connectivity index (χ0v) is 21.1. The zero-order valence-electron chi connectivity index (χ0n) is 21.1. The number of tetrazole rings is 1. The Kier molecular flexibility index (Phi) is 7.31. The number of aromatic nitrogens is 4. The zero-order chi connectivity index (χ0) is 25.8. The van der Waals surface area contributed by atoms with Gasteiger partial charge >= 0.3 is 0 Å². The normalized spacial score (nSPS) is 18.3. The van der Waals surface area contributed by atoms with Crippen molar-refractivity contribution in [1.82, 2.24) is 30.0 Å². The Balaban J connectivity index is 1.16. The second kappa shape index (κ2) is 11.0. The van der Waals surface area contributed by atoms with Crippen LogP contribution >= 0.6 is 0 Å². The van der Waals surface area contributed by atoms with E-state index in [2.05, 4.69) is 20.4 Å². The summed E-state index contributed by atoms with van der Waals surface area (Å²) in [7, 11) is 1.59. The number of piperazine rings is 1. The van der Waals surface area contributed by atoms with Crippen molar-refractivity contribution in [2.24, 2.45) is 5.92 Å². The van der Waals surface area contributed by atoms with E-state index in [9.17, 15) is 9.59 Å². The first-order valence-electron chi connectivity index (χ1n) is 12.5. The van der Waals surface area contributed by atoms with Crippen molar-refractivity contribution in [3.8, 4) is 17.2 Å². The summed E-state index contributed by atoms with van der Waals surface area (Å²) in [6.07, 6.45) is 0.229. The Morgan fingerprint density at radius 3 is 2.54 bits per heavy atom. The number of carbonyl (C=O) groups is 2. The fourth-order valence-corrected chi connectivity index (χ4v) is 4.84. The third-order valence-corrected chi connectivity index (χ3v) is 6.81. The number of hydrogen-bond donors (Lipinski definition) is 0. The van der Waals surface area contributed by atoms with Crippen molar-refractivity contribution in [1.29, 1.82) is 0 Å². The van der Waals surface area contributed by atoms with E-state index in [-0.39, 0.29) is 24.2 Å². The molecule has 0 bridgehead atoms. The molecule has 37 heavy (non-hydrogen) atoms. The highest BCUT2D eigenvalue weighted by molar-refractivity contribution is 6.00. The molecule has 3 heterocycles. The minimum atomic E-state index is -0.336. The molecule has 5 rings (SSSR count). The van der Waals surface area contributed by atoms with Crippen molar-refractivity contribution in [3.63, 3.8) is 0 Å². The number of carbonyl (C=O) groups excluding carboxylic acids is 2. The van der Waals surface area contributed by atoms with Crippen molar-refractivity contribution in [2.75, 3.05) is 51.3 Å². The molecule has 2 fully saturated rings. The van der Waals surface area contributed by atoms with Crippen molar-refractivity contribution in [3.05, 3.63) is 54.4 Å². The van der Waals surface area contributed by atoms with Crippen LogP contribution in [-0.2, 0) is 16.1 Å². The number of hydrogen-bond acceptors (Lipinski definition) is 8. The van der Waals surface area contributed by atoms with Gasteiger partial charge < -0.3 is 19.3 Å². The van der Waals surface area contributed by atoms with Gasteiger partial charge in [0.15, 0.2) is 5.82 Å². The number of anilines is 1. The maximum absolute atomic E-state index is 13.2. The molecular weight excluding hydrogens is 474 g/mol. The molecule has 1 atom stereocenters. The van der Waals surface area contributed by atoms with Gasteiger partial charge in [-0.3, -0.25) is 14.5 Å². The average Bonchev–Trinajstić information content (AvgIpc) is 3.56. The second-order valence-electron chi connectivity index (χ2n) is 9.14. The lowest BCUT2D eigenvalue weighted by Gasteiger charge is -2.35. The van der Waals surface area contributed by atoms with Crippen LogP contribution in [0.1, 0.15) is 19.2 Å². The maximum atomic E-state index is 13.2. The summed E-state index contributed by atoms with van der Waals surface area (Å²) in [5.74, 6) is 1.89. The Morgan fingerprint density at radius 2 is 1.81 bits per heavy atom. The highest BCUT2D eigenvalue weighted by Crippen LogP contribution is 2.29. The molecule has 3 aromatic rings.